The minimum absolute atomic E-state index is 0.408. The highest BCUT2D eigenvalue weighted by atomic mass is 16.2. The van der Waals surface area contributed by atoms with E-state index in [-0.39, 0.29) is 0 Å². The minimum atomic E-state index is 0.408. The van der Waals surface area contributed by atoms with Gasteiger partial charge in [0.1, 0.15) is 5.82 Å². The summed E-state index contributed by atoms with van der Waals surface area (Å²) in [6, 6.07) is 0.421. The summed E-state index contributed by atoms with van der Waals surface area (Å²) in [5.41, 5.74) is 0. The number of carbonyl (C=O) groups is 1. The van der Waals surface area contributed by atoms with Crippen LogP contribution in [-0.2, 0) is 11.2 Å². The van der Waals surface area contributed by atoms with Crippen LogP contribution in [0.25, 0.3) is 0 Å². The third-order valence-electron chi connectivity index (χ3n) is 6.53. The van der Waals surface area contributed by atoms with Crippen LogP contribution in [0.5, 0.6) is 0 Å². The summed E-state index contributed by atoms with van der Waals surface area (Å²) in [7, 11) is 0. The van der Waals surface area contributed by atoms with E-state index in [0.717, 1.165) is 50.0 Å². The molecule has 4 nitrogen and oxygen atoms in total. The number of amides is 1. The number of nitrogens with zero attached hydrogens (tertiary/aromatic N) is 3. The van der Waals surface area contributed by atoms with Crippen LogP contribution in [0.3, 0.4) is 0 Å². The van der Waals surface area contributed by atoms with Crippen LogP contribution in [0.2, 0.25) is 0 Å². The van der Waals surface area contributed by atoms with Crippen molar-refractivity contribution in [1.29, 1.82) is 0 Å². The van der Waals surface area contributed by atoms with Crippen LogP contribution in [-0.4, -0.2) is 33.4 Å². The average molecular weight is 315 g/mol. The van der Waals surface area contributed by atoms with Gasteiger partial charge in [-0.05, 0) is 49.9 Å². The Morgan fingerprint density at radius 1 is 1.30 bits per heavy atom. The molecular weight excluding hydrogens is 286 g/mol. The van der Waals surface area contributed by atoms with Crippen molar-refractivity contribution in [2.45, 2.75) is 64.3 Å². The highest BCUT2D eigenvalue weighted by Crippen LogP contribution is 2.49. The van der Waals surface area contributed by atoms with Gasteiger partial charge in [0.2, 0.25) is 5.91 Å². The minimum Gasteiger partial charge on any atom is -0.341 e. The molecule has 1 aliphatic heterocycles. The Hall–Kier alpha value is -1.32. The summed E-state index contributed by atoms with van der Waals surface area (Å²) >= 11 is 0. The fraction of sp³-hybridized carbons (Fsp3) is 0.789. The normalized spacial score (nSPS) is 33.3. The molecule has 0 unspecified atom stereocenters. The van der Waals surface area contributed by atoms with E-state index in [9.17, 15) is 4.79 Å². The van der Waals surface area contributed by atoms with E-state index in [1.807, 2.05) is 6.20 Å². The molecule has 4 heteroatoms. The van der Waals surface area contributed by atoms with Gasteiger partial charge in [-0.15, -0.1) is 0 Å². The second kappa shape index (κ2) is 6.29. The first kappa shape index (κ1) is 15.2. The summed E-state index contributed by atoms with van der Waals surface area (Å²) < 4.78 is 2.30. The Bertz CT molecular complexity index is 567. The number of hydrogen-bond donors (Lipinski definition) is 0. The van der Waals surface area contributed by atoms with E-state index < -0.39 is 0 Å². The zero-order chi connectivity index (χ0) is 15.8. The van der Waals surface area contributed by atoms with Gasteiger partial charge in [-0.1, -0.05) is 13.3 Å². The summed E-state index contributed by atoms with van der Waals surface area (Å²) in [4.78, 5) is 19.4. The third-order valence-corrected chi connectivity index (χ3v) is 6.53. The van der Waals surface area contributed by atoms with E-state index in [0.29, 0.717) is 17.9 Å². The van der Waals surface area contributed by atoms with Crippen molar-refractivity contribution in [2.75, 3.05) is 13.1 Å². The molecule has 2 aliphatic carbocycles. The third kappa shape index (κ3) is 2.92. The van der Waals surface area contributed by atoms with Gasteiger partial charge in [0.05, 0.1) is 6.04 Å². The first-order chi connectivity index (χ1) is 11.2. The second-order valence-electron chi connectivity index (χ2n) is 7.88. The molecule has 126 valence electrons. The SMILES string of the molecule is CCc1nccn1[C@@H]1CCCN(C(=O)C[C@@H]2C[C@H]3CC[C@H]2C3)C1. The van der Waals surface area contributed by atoms with Crippen LogP contribution in [0.1, 0.15) is 63.7 Å². The molecule has 3 fully saturated rings. The van der Waals surface area contributed by atoms with E-state index >= 15 is 0 Å². The molecule has 0 N–H and O–H groups in total. The van der Waals surface area contributed by atoms with Gasteiger partial charge in [-0.2, -0.15) is 0 Å². The van der Waals surface area contributed by atoms with Crippen molar-refractivity contribution < 1.29 is 4.79 Å². The number of rotatable bonds is 4. The largest absolute Gasteiger partial charge is 0.341 e. The number of fused-ring (bicyclic) bond motifs is 2. The van der Waals surface area contributed by atoms with E-state index in [4.69, 9.17) is 0 Å². The van der Waals surface area contributed by atoms with Crippen LogP contribution in [0, 0.1) is 17.8 Å². The summed E-state index contributed by atoms with van der Waals surface area (Å²) in [6.07, 6.45) is 13.5. The number of aromatic nitrogens is 2. The molecule has 2 bridgehead atoms. The molecule has 0 spiro atoms. The van der Waals surface area contributed by atoms with Crippen molar-refractivity contribution >= 4 is 5.91 Å². The smallest absolute Gasteiger partial charge is 0.222 e. The highest BCUT2D eigenvalue weighted by Gasteiger charge is 2.41. The maximum Gasteiger partial charge on any atom is 0.222 e. The molecule has 23 heavy (non-hydrogen) atoms. The number of carbonyl (C=O) groups excluding carboxylic acids is 1. The van der Waals surface area contributed by atoms with E-state index in [1.54, 1.807) is 0 Å². The topological polar surface area (TPSA) is 38.1 Å². The van der Waals surface area contributed by atoms with Gasteiger partial charge in [-0.25, -0.2) is 4.98 Å². The number of aryl methyl sites for hydroxylation is 1. The summed E-state index contributed by atoms with van der Waals surface area (Å²) in [6.45, 7) is 3.98. The van der Waals surface area contributed by atoms with Gasteiger partial charge in [-0.3, -0.25) is 4.79 Å². The van der Waals surface area contributed by atoms with Crippen molar-refractivity contribution in [1.82, 2.24) is 14.5 Å². The molecule has 0 radical (unpaired) electrons. The predicted octanol–water partition coefficient (Wildman–Crippen LogP) is 3.44. The van der Waals surface area contributed by atoms with Gasteiger partial charge in [0.15, 0.2) is 0 Å². The van der Waals surface area contributed by atoms with Gasteiger partial charge < -0.3 is 9.47 Å². The number of likely N-dealkylation sites (tertiary alicyclic amines) is 1. The molecule has 2 saturated carbocycles. The van der Waals surface area contributed by atoms with Crippen molar-refractivity contribution in [3.05, 3.63) is 18.2 Å². The van der Waals surface area contributed by atoms with Gasteiger partial charge >= 0.3 is 0 Å². The lowest BCUT2D eigenvalue weighted by molar-refractivity contribution is -0.134. The Morgan fingerprint density at radius 3 is 2.96 bits per heavy atom. The number of hydrogen-bond acceptors (Lipinski definition) is 2. The first-order valence-electron chi connectivity index (χ1n) is 9.54. The lowest BCUT2D eigenvalue weighted by atomic mass is 9.86. The molecule has 0 aromatic carbocycles. The molecule has 2 heterocycles. The van der Waals surface area contributed by atoms with Crippen LogP contribution in [0.15, 0.2) is 12.4 Å². The summed E-state index contributed by atoms with van der Waals surface area (Å²) in [5, 5.41) is 0. The van der Waals surface area contributed by atoms with Crippen LogP contribution >= 0.6 is 0 Å². The number of imidazole rings is 1. The zero-order valence-corrected chi connectivity index (χ0v) is 14.3. The Morgan fingerprint density at radius 2 is 2.22 bits per heavy atom. The summed E-state index contributed by atoms with van der Waals surface area (Å²) in [5.74, 6) is 4.03. The Labute approximate surface area is 139 Å². The molecule has 1 aromatic rings. The Balaban J connectivity index is 1.38. The molecule has 4 rings (SSSR count). The maximum absolute atomic E-state index is 12.8. The molecule has 1 amide bonds. The standard InChI is InChI=1S/C19H29N3O/c1-2-18-20-7-9-22(18)17-4-3-8-21(13-17)19(23)12-16-11-14-5-6-15(16)10-14/h7,9,14-17H,2-6,8,10-13H2,1H3/t14-,15-,16-,17+/m0/s1. The molecular formula is C19H29N3O. The number of piperidine rings is 1. The van der Waals surface area contributed by atoms with Crippen LogP contribution in [0.4, 0.5) is 0 Å². The van der Waals surface area contributed by atoms with Crippen LogP contribution < -0.4 is 0 Å². The van der Waals surface area contributed by atoms with Crippen molar-refractivity contribution in [3.8, 4) is 0 Å². The quantitative estimate of drug-likeness (QED) is 0.853. The molecule has 3 aliphatic rings. The second-order valence-corrected chi connectivity index (χ2v) is 7.88. The lowest BCUT2D eigenvalue weighted by Crippen LogP contribution is -2.41. The monoisotopic (exact) mass is 315 g/mol. The average Bonchev–Trinajstić information content (AvgIpc) is 3.31. The zero-order valence-electron chi connectivity index (χ0n) is 14.3. The van der Waals surface area contributed by atoms with Gasteiger partial charge in [0, 0.05) is 38.3 Å². The first-order valence-corrected chi connectivity index (χ1v) is 9.54. The van der Waals surface area contributed by atoms with Gasteiger partial charge in [0.25, 0.3) is 0 Å². The molecule has 1 aromatic heterocycles. The fourth-order valence-electron chi connectivity index (χ4n) is 5.34. The highest BCUT2D eigenvalue weighted by molar-refractivity contribution is 5.76. The lowest BCUT2D eigenvalue weighted by Gasteiger charge is -2.35. The predicted molar refractivity (Wildman–Crippen MR) is 90.0 cm³/mol. The maximum atomic E-state index is 12.8. The fourth-order valence-corrected chi connectivity index (χ4v) is 5.34. The Kier molecular flexibility index (Phi) is 4.16. The molecule has 1 saturated heterocycles. The van der Waals surface area contributed by atoms with Crippen molar-refractivity contribution in [2.24, 2.45) is 17.8 Å². The van der Waals surface area contributed by atoms with E-state index in [1.165, 1.54) is 32.1 Å². The van der Waals surface area contributed by atoms with Crippen molar-refractivity contribution in [3.63, 3.8) is 0 Å². The molecule has 4 atom stereocenters. The van der Waals surface area contributed by atoms with E-state index in [2.05, 4.69) is 27.6 Å².